The van der Waals surface area contributed by atoms with E-state index in [0.717, 1.165) is 32.1 Å². The summed E-state index contributed by atoms with van der Waals surface area (Å²) in [6.45, 7) is 2.09. The molecule has 0 unspecified atom stereocenters. The van der Waals surface area contributed by atoms with Crippen LogP contribution in [0.25, 0.3) is 0 Å². The standard InChI is InChI=1S/C14H17ClF4/c1-2-3-4-5-6-7-8-9-11(16)13(18)10(15)14(19)12(9)17/h2-8H2,1H3. The summed E-state index contributed by atoms with van der Waals surface area (Å²) in [7, 11) is 0. The molecular weight excluding hydrogens is 280 g/mol. The molecule has 0 aliphatic carbocycles. The Morgan fingerprint density at radius 2 is 1.21 bits per heavy atom. The van der Waals surface area contributed by atoms with Crippen LogP contribution in [-0.2, 0) is 6.42 Å². The monoisotopic (exact) mass is 296 g/mol. The summed E-state index contributed by atoms with van der Waals surface area (Å²) < 4.78 is 53.3. The molecule has 19 heavy (non-hydrogen) atoms. The van der Waals surface area contributed by atoms with E-state index in [1.807, 2.05) is 0 Å². The second kappa shape index (κ2) is 7.73. The van der Waals surface area contributed by atoms with Gasteiger partial charge >= 0.3 is 0 Å². The van der Waals surface area contributed by atoms with E-state index in [1.165, 1.54) is 0 Å². The van der Waals surface area contributed by atoms with Crippen LogP contribution in [0.3, 0.4) is 0 Å². The highest BCUT2D eigenvalue weighted by Gasteiger charge is 2.23. The van der Waals surface area contributed by atoms with E-state index >= 15 is 0 Å². The Morgan fingerprint density at radius 1 is 0.737 bits per heavy atom. The molecule has 1 rings (SSSR count). The van der Waals surface area contributed by atoms with Crippen molar-refractivity contribution in [3.8, 4) is 0 Å². The molecule has 1 aromatic rings. The van der Waals surface area contributed by atoms with E-state index in [0.29, 0.717) is 6.42 Å². The van der Waals surface area contributed by atoms with Gasteiger partial charge in [0.2, 0.25) is 0 Å². The Morgan fingerprint density at radius 3 is 1.74 bits per heavy atom. The van der Waals surface area contributed by atoms with Gasteiger partial charge in [0.1, 0.15) is 5.02 Å². The van der Waals surface area contributed by atoms with Crippen molar-refractivity contribution in [2.75, 3.05) is 0 Å². The number of benzene rings is 1. The fourth-order valence-corrected chi connectivity index (χ4v) is 2.12. The summed E-state index contributed by atoms with van der Waals surface area (Å²) in [5, 5.41) is -1.12. The zero-order valence-electron chi connectivity index (χ0n) is 10.8. The average Bonchev–Trinajstić information content (AvgIpc) is 2.41. The summed E-state index contributed by atoms with van der Waals surface area (Å²) in [6.07, 6.45) is 5.50. The maximum absolute atomic E-state index is 13.5. The van der Waals surface area contributed by atoms with Crippen molar-refractivity contribution in [2.24, 2.45) is 0 Å². The quantitative estimate of drug-likeness (QED) is 0.258. The summed E-state index contributed by atoms with van der Waals surface area (Å²) in [4.78, 5) is 0. The van der Waals surface area contributed by atoms with Crippen molar-refractivity contribution >= 4 is 11.6 Å². The predicted octanol–water partition coefficient (Wildman–Crippen LogP) is 5.80. The third-order valence-corrected chi connectivity index (χ3v) is 3.41. The van der Waals surface area contributed by atoms with Crippen LogP contribution in [0.2, 0.25) is 5.02 Å². The largest absolute Gasteiger partial charge is 0.203 e. The maximum Gasteiger partial charge on any atom is 0.180 e. The Balaban J connectivity index is 2.64. The fourth-order valence-electron chi connectivity index (χ4n) is 1.95. The van der Waals surface area contributed by atoms with Crippen LogP contribution < -0.4 is 0 Å². The van der Waals surface area contributed by atoms with Crippen LogP contribution in [0.15, 0.2) is 0 Å². The molecule has 0 atom stereocenters. The molecular formula is C14H17ClF4. The van der Waals surface area contributed by atoms with Gasteiger partial charge in [0, 0.05) is 5.56 Å². The molecule has 0 fully saturated rings. The van der Waals surface area contributed by atoms with Gasteiger partial charge in [-0.25, -0.2) is 17.6 Å². The molecule has 0 aliphatic rings. The molecule has 0 bridgehead atoms. The van der Waals surface area contributed by atoms with Crippen LogP contribution in [0, 0.1) is 23.3 Å². The molecule has 0 saturated heterocycles. The van der Waals surface area contributed by atoms with Crippen LogP contribution in [-0.4, -0.2) is 0 Å². The van der Waals surface area contributed by atoms with Crippen LogP contribution in [0.1, 0.15) is 51.0 Å². The van der Waals surface area contributed by atoms with Crippen LogP contribution in [0.4, 0.5) is 17.6 Å². The Labute approximate surface area is 115 Å². The number of hydrogen-bond acceptors (Lipinski definition) is 0. The molecule has 0 saturated carbocycles. The fraction of sp³-hybridized carbons (Fsp3) is 0.571. The minimum atomic E-state index is -1.51. The van der Waals surface area contributed by atoms with Crippen molar-refractivity contribution < 1.29 is 17.6 Å². The lowest BCUT2D eigenvalue weighted by Gasteiger charge is -2.08. The molecule has 0 spiro atoms. The SMILES string of the molecule is CCCCCCCCc1c(F)c(F)c(Cl)c(F)c1F. The van der Waals surface area contributed by atoms with Crippen molar-refractivity contribution in [1.29, 1.82) is 0 Å². The van der Waals surface area contributed by atoms with E-state index in [9.17, 15) is 17.6 Å². The number of hydrogen-bond donors (Lipinski definition) is 0. The first-order chi connectivity index (χ1) is 9.00. The zero-order valence-corrected chi connectivity index (χ0v) is 11.6. The molecule has 1 aromatic carbocycles. The first-order valence-corrected chi connectivity index (χ1v) is 6.88. The normalized spacial score (nSPS) is 11.1. The third kappa shape index (κ3) is 4.10. The molecule has 0 amide bonds. The molecule has 0 heterocycles. The van der Waals surface area contributed by atoms with Gasteiger partial charge < -0.3 is 0 Å². The number of halogens is 5. The highest BCUT2D eigenvalue weighted by atomic mass is 35.5. The van der Waals surface area contributed by atoms with Gasteiger partial charge in [0.15, 0.2) is 23.3 Å². The molecule has 5 heteroatoms. The van der Waals surface area contributed by atoms with Crippen molar-refractivity contribution in [3.63, 3.8) is 0 Å². The minimum absolute atomic E-state index is 0.0190. The summed E-state index contributed by atoms with van der Waals surface area (Å²) in [5.41, 5.74) is -0.546. The second-order valence-corrected chi connectivity index (χ2v) is 4.94. The Bertz CT molecular complexity index is 403. The number of rotatable bonds is 7. The average molecular weight is 297 g/mol. The van der Waals surface area contributed by atoms with Gasteiger partial charge in [-0.2, -0.15) is 0 Å². The topological polar surface area (TPSA) is 0 Å². The van der Waals surface area contributed by atoms with Crippen LogP contribution >= 0.6 is 11.6 Å². The lowest BCUT2D eigenvalue weighted by atomic mass is 10.0. The van der Waals surface area contributed by atoms with Gasteiger partial charge in [-0.1, -0.05) is 50.6 Å². The van der Waals surface area contributed by atoms with E-state index in [2.05, 4.69) is 6.92 Å². The van der Waals surface area contributed by atoms with E-state index in [1.54, 1.807) is 0 Å². The smallest absolute Gasteiger partial charge is 0.180 e. The van der Waals surface area contributed by atoms with Crippen molar-refractivity contribution in [1.82, 2.24) is 0 Å². The summed E-state index contributed by atoms with van der Waals surface area (Å²) in [6, 6.07) is 0. The minimum Gasteiger partial charge on any atom is -0.203 e. The van der Waals surface area contributed by atoms with Gasteiger partial charge in [-0.3, -0.25) is 0 Å². The molecule has 0 radical (unpaired) electrons. The molecule has 0 aromatic heterocycles. The van der Waals surface area contributed by atoms with Gasteiger partial charge in [-0.05, 0) is 12.8 Å². The van der Waals surface area contributed by atoms with E-state index < -0.39 is 33.9 Å². The highest BCUT2D eigenvalue weighted by Crippen LogP contribution is 2.28. The molecule has 0 nitrogen and oxygen atoms in total. The molecule has 0 aliphatic heterocycles. The van der Waals surface area contributed by atoms with Gasteiger partial charge in [0.05, 0.1) is 0 Å². The summed E-state index contributed by atoms with van der Waals surface area (Å²) >= 11 is 5.15. The zero-order chi connectivity index (χ0) is 14.4. The number of unbranched alkanes of at least 4 members (excludes halogenated alkanes) is 5. The third-order valence-electron chi connectivity index (χ3n) is 3.08. The lowest BCUT2D eigenvalue weighted by molar-refractivity contribution is 0.436. The van der Waals surface area contributed by atoms with E-state index in [4.69, 9.17) is 11.6 Å². The van der Waals surface area contributed by atoms with Gasteiger partial charge in [0.25, 0.3) is 0 Å². The summed E-state index contributed by atoms with van der Waals surface area (Å²) in [5.74, 6) is -5.78. The maximum atomic E-state index is 13.5. The lowest BCUT2D eigenvalue weighted by Crippen LogP contribution is -2.04. The van der Waals surface area contributed by atoms with Gasteiger partial charge in [-0.15, -0.1) is 0 Å². The predicted molar refractivity (Wildman–Crippen MR) is 68.4 cm³/mol. The van der Waals surface area contributed by atoms with Crippen molar-refractivity contribution in [3.05, 3.63) is 33.9 Å². The van der Waals surface area contributed by atoms with Crippen LogP contribution in [0.5, 0.6) is 0 Å². The first kappa shape index (κ1) is 16.3. The first-order valence-electron chi connectivity index (χ1n) is 6.51. The van der Waals surface area contributed by atoms with E-state index in [-0.39, 0.29) is 6.42 Å². The second-order valence-electron chi connectivity index (χ2n) is 4.57. The Kier molecular flexibility index (Phi) is 6.63. The Hall–Kier alpha value is -0.770. The molecule has 108 valence electrons. The molecule has 0 N–H and O–H groups in total. The van der Waals surface area contributed by atoms with Crippen molar-refractivity contribution in [2.45, 2.75) is 51.9 Å². The highest BCUT2D eigenvalue weighted by molar-refractivity contribution is 6.30.